The molecule has 0 aliphatic rings. The predicted octanol–water partition coefficient (Wildman–Crippen LogP) is 1.31. The molecule has 1 aromatic rings. The quantitative estimate of drug-likeness (QED) is 0.784. The fourth-order valence-electron chi connectivity index (χ4n) is 1.98. The lowest BCUT2D eigenvalue weighted by Gasteiger charge is -2.22. The maximum Gasteiger partial charge on any atom is 0.317 e. The summed E-state index contributed by atoms with van der Waals surface area (Å²) in [5, 5.41) is 14.0. The fraction of sp³-hybridized carbons (Fsp3) is 0.692. The van der Waals surface area contributed by atoms with Gasteiger partial charge in [0.1, 0.15) is 0 Å². The molecule has 0 aromatic carbocycles. The van der Waals surface area contributed by atoms with E-state index in [-0.39, 0.29) is 6.54 Å². The van der Waals surface area contributed by atoms with Crippen LogP contribution in [0.5, 0.6) is 0 Å². The Morgan fingerprint density at radius 2 is 2.05 bits per heavy atom. The van der Waals surface area contributed by atoms with Gasteiger partial charge in [-0.2, -0.15) is 5.10 Å². The number of hydrogen-bond acceptors (Lipinski definition) is 4. The summed E-state index contributed by atoms with van der Waals surface area (Å²) in [6, 6.07) is 0. The first-order chi connectivity index (χ1) is 9.35. The van der Waals surface area contributed by atoms with Gasteiger partial charge in [-0.3, -0.25) is 14.4 Å². The van der Waals surface area contributed by atoms with Crippen molar-refractivity contribution in [3.63, 3.8) is 0 Å². The summed E-state index contributed by atoms with van der Waals surface area (Å²) >= 11 is 6.27. The molecule has 1 rings (SSSR count). The second-order valence-corrected chi connectivity index (χ2v) is 5.45. The Bertz CT molecular complexity index is 459. The van der Waals surface area contributed by atoms with E-state index in [0.29, 0.717) is 18.1 Å². The lowest BCUT2D eigenvalue weighted by atomic mass is 10.3. The minimum Gasteiger partial charge on any atom is -0.480 e. The second-order valence-electron chi connectivity index (χ2n) is 5.07. The summed E-state index contributed by atoms with van der Waals surface area (Å²) in [5.41, 5.74) is 1.66. The van der Waals surface area contributed by atoms with Gasteiger partial charge in [-0.05, 0) is 27.9 Å². The van der Waals surface area contributed by atoms with Crippen LogP contribution in [0, 0.1) is 6.92 Å². The first kappa shape index (κ1) is 16.9. The maximum atomic E-state index is 11.0. The third kappa shape index (κ3) is 4.77. The van der Waals surface area contributed by atoms with Gasteiger partial charge in [0.15, 0.2) is 0 Å². The van der Waals surface area contributed by atoms with E-state index >= 15 is 0 Å². The van der Waals surface area contributed by atoms with Gasteiger partial charge >= 0.3 is 5.97 Å². The lowest BCUT2D eigenvalue weighted by Crippen LogP contribution is -2.35. The number of likely N-dealkylation sites (N-methyl/N-ethyl adjacent to an activating group) is 1. The Balaban J connectivity index is 2.85. The molecule has 0 amide bonds. The minimum absolute atomic E-state index is 0.00187. The molecule has 6 nitrogen and oxygen atoms in total. The van der Waals surface area contributed by atoms with Crippen LogP contribution in [0.1, 0.15) is 18.3 Å². The normalized spacial score (nSPS) is 11.6. The molecule has 0 atom stereocenters. The van der Waals surface area contributed by atoms with Crippen molar-refractivity contribution in [1.82, 2.24) is 19.6 Å². The molecule has 0 radical (unpaired) electrons. The Morgan fingerprint density at radius 3 is 2.55 bits per heavy atom. The molecule has 0 fully saturated rings. The summed E-state index contributed by atoms with van der Waals surface area (Å²) in [6.45, 7) is 6.53. The highest BCUT2D eigenvalue weighted by molar-refractivity contribution is 6.31. The van der Waals surface area contributed by atoms with E-state index in [9.17, 15) is 4.79 Å². The molecule has 20 heavy (non-hydrogen) atoms. The third-order valence-corrected chi connectivity index (χ3v) is 3.54. The first-order valence-electron chi connectivity index (χ1n) is 6.65. The summed E-state index contributed by atoms with van der Waals surface area (Å²) in [4.78, 5) is 14.9. The van der Waals surface area contributed by atoms with Gasteiger partial charge in [-0.15, -0.1) is 0 Å². The van der Waals surface area contributed by atoms with E-state index in [1.807, 2.05) is 42.4 Å². The largest absolute Gasteiger partial charge is 0.480 e. The molecule has 1 heterocycles. The first-order valence-corrected chi connectivity index (χ1v) is 7.03. The molecule has 0 saturated carbocycles. The van der Waals surface area contributed by atoms with Crippen molar-refractivity contribution in [1.29, 1.82) is 0 Å². The minimum atomic E-state index is -0.834. The SMILES string of the molecule is CCn1nc(C)c(Cl)c1CN(CCN(C)C)CC(=O)O. The summed E-state index contributed by atoms with van der Waals surface area (Å²) in [7, 11) is 3.93. The average Bonchev–Trinajstić information content (AvgIpc) is 2.62. The maximum absolute atomic E-state index is 11.0. The topological polar surface area (TPSA) is 61.6 Å². The smallest absolute Gasteiger partial charge is 0.317 e. The zero-order valence-corrected chi connectivity index (χ0v) is 13.3. The van der Waals surface area contributed by atoms with Crippen LogP contribution in [0.25, 0.3) is 0 Å². The number of nitrogens with zero attached hydrogens (tertiary/aromatic N) is 4. The van der Waals surface area contributed by atoms with Crippen molar-refractivity contribution < 1.29 is 9.90 Å². The Labute approximate surface area is 124 Å². The Morgan fingerprint density at radius 1 is 1.40 bits per heavy atom. The average molecular weight is 303 g/mol. The molecule has 0 aliphatic carbocycles. The molecular formula is C13H23ClN4O2. The number of halogens is 1. The van der Waals surface area contributed by atoms with Crippen molar-refractivity contribution in [2.24, 2.45) is 0 Å². The van der Waals surface area contributed by atoms with Crippen molar-refractivity contribution in [3.8, 4) is 0 Å². The monoisotopic (exact) mass is 302 g/mol. The van der Waals surface area contributed by atoms with Crippen molar-refractivity contribution >= 4 is 17.6 Å². The van der Waals surface area contributed by atoms with E-state index in [0.717, 1.165) is 24.5 Å². The number of rotatable bonds is 8. The molecule has 1 N–H and O–H groups in total. The summed E-state index contributed by atoms with van der Waals surface area (Å²) in [5.74, 6) is -0.834. The number of carboxylic acid groups (broad SMARTS) is 1. The molecule has 7 heteroatoms. The molecule has 0 aliphatic heterocycles. The van der Waals surface area contributed by atoms with Crippen LogP contribution in [0.15, 0.2) is 0 Å². The molecule has 0 unspecified atom stereocenters. The molecule has 114 valence electrons. The molecule has 0 bridgehead atoms. The molecule has 1 aromatic heterocycles. The standard InChI is InChI=1S/C13H23ClN4O2/c1-5-18-11(13(14)10(2)15-18)8-17(9-12(19)20)7-6-16(3)4/h5-9H2,1-4H3,(H,19,20). The predicted molar refractivity (Wildman–Crippen MR) is 79.1 cm³/mol. The van der Waals surface area contributed by atoms with Crippen LogP contribution in [0.2, 0.25) is 5.02 Å². The van der Waals surface area contributed by atoms with E-state index in [2.05, 4.69) is 5.10 Å². The Kier molecular flexibility index (Phi) is 6.45. The van der Waals surface area contributed by atoms with Gasteiger partial charge in [0.25, 0.3) is 0 Å². The zero-order chi connectivity index (χ0) is 15.3. The fourth-order valence-corrected chi connectivity index (χ4v) is 2.17. The van der Waals surface area contributed by atoms with E-state index in [1.54, 1.807) is 0 Å². The van der Waals surface area contributed by atoms with Gasteiger partial charge in [-0.25, -0.2) is 0 Å². The van der Waals surface area contributed by atoms with Crippen LogP contribution in [-0.4, -0.2) is 64.4 Å². The van der Waals surface area contributed by atoms with E-state index in [4.69, 9.17) is 16.7 Å². The van der Waals surface area contributed by atoms with Gasteiger partial charge in [0.2, 0.25) is 0 Å². The highest BCUT2D eigenvalue weighted by Crippen LogP contribution is 2.21. The zero-order valence-electron chi connectivity index (χ0n) is 12.6. The Hall–Kier alpha value is -1.11. The van der Waals surface area contributed by atoms with Crippen molar-refractivity contribution in [2.45, 2.75) is 26.9 Å². The van der Waals surface area contributed by atoms with Crippen molar-refractivity contribution in [3.05, 3.63) is 16.4 Å². The number of aryl methyl sites for hydroxylation is 2. The molecule has 0 saturated heterocycles. The molecule has 0 spiro atoms. The second kappa shape index (κ2) is 7.61. The van der Waals surface area contributed by atoms with Crippen LogP contribution < -0.4 is 0 Å². The van der Waals surface area contributed by atoms with Gasteiger partial charge in [0.05, 0.1) is 23.0 Å². The number of aromatic nitrogens is 2. The lowest BCUT2D eigenvalue weighted by molar-refractivity contribution is -0.138. The van der Waals surface area contributed by atoms with Gasteiger partial charge in [-0.1, -0.05) is 11.6 Å². The number of carboxylic acids is 1. The number of aliphatic carboxylic acids is 1. The third-order valence-electron chi connectivity index (χ3n) is 3.05. The summed E-state index contributed by atoms with van der Waals surface area (Å²) in [6.07, 6.45) is 0. The number of hydrogen-bond donors (Lipinski definition) is 1. The van der Waals surface area contributed by atoms with Crippen LogP contribution >= 0.6 is 11.6 Å². The van der Waals surface area contributed by atoms with Crippen LogP contribution in [0.3, 0.4) is 0 Å². The highest BCUT2D eigenvalue weighted by atomic mass is 35.5. The van der Waals surface area contributed by atoms with E-state index < -0.39 is 5.97 Å². The summed E-state index contributed by atoms with van der Waals surface area (Å²) < 4.78 is 1.84. The molecular weight excluding hydrogens is 280 g/mol. The van der Waals surface area contributed by atoms with E-state index in [1.165, 1.54) is 0 Å². The van der Waals surface area contributed by atoms with Gasteiger partial charge < -0.3 is 10.0 Å². The van der Waals surface area contributed by atoms with Crippen LogP contribution in [-0.2, 0) is 17.9 Å². The highest BCUT2D eigenvalue weighted by Gasteiger charge is 2.18. The van der Waals surface area contributed by atoms with Crippen molar-refractivity contribution in [2.75, 3.05) is 33.7 Å². The van der Waals surface area contributed by atoms with Gasteiger partial charge in [0, 0.05) is 26.2 Å². The van der Waals surface area contributed by atoms with Crippen LogP contribution in [0.4, 0.5) is 0 Å². The number of carbonyl (C=O) groups is 1.